The molecule has 70 valence electrons. The maximum absolute atomic E-state index is 8.92. The van der Waals surface area contributed by atoms with Crippen LogP contribution in [0, 0.1) is 11.3 Å². The molecule has 3 nitrogen and oxygen atoms in total. The van der Waals surface area contributed by atoms with Gasteiger partial charge in [0.25, 0.3) is 0 Å². The minimum absolute atomic E-state index is 0.403. The van der Waals surface area contributed by atoms with Crippen molar-refractivity contribution in [3.05, 3.63) is 0 Å². The smallest absolute Gasteiger partial charge is 0.116 e. The molecule has 0 radical (unpaired) electrons. The van der Waals surface area contributed by atoms with Gasteiger partial charge in [0.15, 0.2) is 0 Å². The second-order valence-corrected chi connectivity index (χ2v) is 3.61. The molecule has 0 aromatic rings. The normalized spacial score (nSPS) is 15.7. The fourth-order valence-corrected chi connectivity index (χ4v) is 1.16. The average Bonchev–Trinajstić information content (AvgIpc) is 2.00. The van der Waals surface area contributed by atoms with E-state index in [0.717, 1.165) is 19.5 Å². The summed E-state index contributed by atoms with van der Waals surface area (Å²) in [7, 11) is 3.95. The van der Waals surface area contributed by atoms with Gasteiger partial charge in [0, 0.05) is 6.54 Å². The summed E-state index contributed by atoms with van der Waals surface area (Å²) in [6.07, 6.45) is 1.06. The average molecular weight is 169 g/mol. The molecule has 1 unspecified atom stereocenters. The molecule has 0 bridgehead atoms. The van der Waals surface area contributed by atoms with Crippen LogP contribution in [0.2, 0.25) is 0 Å². The third-order valence-electron chi connectivity index (χ3n) is 1.64. The molecule has 0 spiro atoms. The van der Waals surface area contributed by atoms with E-state index < -0.39 is 5.54 Å². The molecule has 1 N–H and O–H groups in total. The number of nitrogens with zero attached hydrogens (tertiary/aromatic N) is 2. The first kappa shape index (κ1) is 11.4. The van der Waals surface area contributed by atoms with Crippen molar-refractivity contribution in [2.45, 2.75) is 25.8 Å². The summed E-state index contributed by atoms with van der Waals surface area (Å²) in [5.41, 5.74) is -0.403. The molecule has 0 aromatic heterocycles. The highest BCUT2D eigenvalue weighted by atomic mass is 15.1. The van der Waals surface area contributed by atoms with E-state index in [9.17, 15) is 0 Å². The molecule has 0 amide bonds. The van der Waals surface area contributed by atoms with Crippen molar-refractivity contribution in [1.29, 1.82) is 5.26 Å². The lowest BCUT2D eigenvalue weighted by Gasteiger charge is -2.26. The fraction of sp³-hybridized carbons (Fsp3) is 0.889. The fourth-order valence-electron chi connectivity index (χ4n) is 1.16. The molecule has 12 heavy (non-hydrogen) atoms. The lowest BCUT2D eigenvalue weighted by Crippen LogP contribution is -2.48. The number of nitrogens with one attached hydrogen (secondary N) is 1. The SMILES string of the molecule is CCCNC(C)(C#N)CN(C)C. The zero-order valence-electron chi connectivity index (χ0n) is 8.52. The van der Waals surface area contributed by atoms with Gasteiger partial charge in [0.1, 0.15) is 5.54 Å². The number of hydrogen-bond donors (Lipinski definition) is 1. The lowest BCUT2D eigenvalue weighted by molar-refractivity contribution is 0.301. The van der Waals surface area contributed by atoms with Gasteiger partial charge in [0.2, 0.25) is 0 Å². The Morgan fingerprint density at radius 2 is 2.08 bits per heavy atom. The van der Waals surface area contributed by atoms with Crippen LogP contribution in [-0.2, 0) is 0 Å². The zero-order valence-corrected chi connectivity index (χ0v) is 8.52. The largest absolute Gasteiger partial charge is 0.307 e. The summed E-state index contributed by atoms with van der Waals surface area (Å²) in [6.45, 7) is 5.69. The van der Waals surface area contributed by atoms with Crippen LogP contribution in [0.15, 0.2) is 0 Å². The van der Waals surface area contributed by atoms with Crippen molar-refractivity contribution >= 4 is 0 Å². The minimum atomic E-state index is -0.403. The first-order valence-corrected chi connectivity index (χ1v) is 4.35. The molecule has 1 atom stereocenters. The Hall–Kier alpha value is -0.590. The molecular weight excluding hydrogens is 150 g/mol. The summed E-state index contributed by atoms with van der Waals surface area (Å²) in [5.74, 6) is 0. The van der Waals surface area contributed by atoms with E-state index in [-0.39, 0.29) is 0 Å². The number of rotatable bonds is 5. The highest BCUT2D eigenvalue weighted by Gasteiger charge is 2.22. The Balaban J connectivity index is 3.98. The van der Waals surface area contributed by atoms with E-state index in [2.05, 4.69) is 18.3 Å². The van der Waals surface area contributed by atoms with Crippen molar-refractivity contribution in [3.8, 4) is 6.07 Å². The Kier molecular flexibility index (Phi) is 4.87. The highest BCUT2D eigenvalue weighted by molar-refractivity contribution is 5.05. The first-order chi connectivity index (χ1) is 5.54. The quantitative estimate of drug-likeness (QED) is 0.662. The van der Waals surface area contributed by atoms with Crippen molar-refractivity contribution < 1.29 is 0 Å². The van der Waals surface area contributed by atoms with Gasteiger partial charge in [-0.1, -0.05) is 6.92 Å². The van der Waals surface area contributed by atoms with Crippen LogP contribution >= 0.6 is 0 Å². The lowest BCUT2D eigenvalue weighted by atomic mass is 10.0. The monoisotopic (exact) mass is 169 g/mol. The summed E-state index contributed by atoms with van der Waals surface area (Å²) in [4.78, 5) is 2.02. The maximum atomic E-state index is 8.92. The first-order valence-electron chi connectivity index (χ1n) is 4.35. The minimum Gasteiger partial charge on any atom is -0.307 e. The van der Waals surface area contributed by atoms with Crippen LogP contribution in [0.3, 0.4) is 0 Å². The Morgan fingerprint density at radius 3 is 2.42 bits per heavy atom. The van der Waals surface area contributed by atoms with E-state index in [4.69, 9.17) is 5.26 Å². The topological polar surface area (TPSA) is 39.1 Å². The molecule has 0 heterocycles. The molecule has 0 rings (SSSR count). The second kappa shape index (κ2) is 5.13. The molecule has 3 heteroatoms. The predicted molar refractivity (Wildman–Crippen MR) is 50.9 cm³/mol. The van der Waals surface area contributed by atoms with Crippen LogP contribution in [0.4, 0.5) is 0 Å². The van der Waals surface area contributed by atoms with Crippen LogP contribution < -0.4 is 5.32 Å². The number of nitriles is 1. The van der Waals surface area contributed by atoms with Gasteiger partial charge in [0.05, 0.1) is 6.07 Å². The van der Waals surface area contributed by atoms with Crippen LogP contribution in [0.25, 0.3) is 0 Å². The molecule has 0 aliphatic rings. The molecule has 0 saturated heterocycles. The Bertz CT molecular complexity index is 160. The van der Waals surface area contributed by atoms with E-state index in [1.54, 1.807) is 0 Å². The summed E-state index contributed by atoms with van der Waals surface area (Å²) >= 11 is 0. The molecule has 0 fully saturated rings. The van der Waals surface area contributed by atoms with Crippen LogP contribution in [-0.4, -0.2) is 37.6 Å². The molecule has 0 aliphatic heterocycles. The van der Waals surface area contributed by atoms with E-state index in [1.807, 2.05) is 25.9 Å². The van der Waals surface area contributed by atoms with Crippen LogP contribution in [0.1, 0.15) is 20.3 Å². The molecule has 0 saturated carbocycles. The summed E-state index contributed by atoms with van der Waals surface area (Å²) < 4.78 is 0. The second-order valence-electron chi connectivity index (χ2n) is 3.61. The molecule has 0 aliphatic carbocycles. The van der Waals surface area contributed by atoms with E-state index in [0.29, 0.717) is 0 Å². The van der Waals surface area contributed by atoms with Gasteiger partial charge >= 0.3 is 0 Å². The van der Waals surface area contributed by atoms with Crippen molar-refractivity contribution in [2.75, 3.05) is 27.2 Å². The standard InChI is InChI=1S/C9H19N3/c1-5-6-11-9(2,7-10)8-12(3)4/h11H,5-6,8H2,1-4H3. The Labute approximate surface area is 75.4 Å². The molecule has 0 aromatic carbocycles. The predicted octanol–water partition coefficient (Wildman–Crippen LogP) is 0.830. The van der Waals surface area contributed by atoms with Gasteiger partial charge in [-0.05, 0) is 34.0 Å². The van der Waals surface area contributed by atoms with Crippen molar-refractivity contribution in [2.24, 2.45) is 0 Å². The maximum Gasteiger partial charge on any atom is 0.116 e. The van der Waals surface area contributed by atoms with Gasteiger partial charge in [-0.3, -0.25) is 5.32 Å². The van der Waals surface area contributed by atoms with E-state index >= 15 is 0 Å². The van der Waals surface area contributed by atoms with Gasteiger partial charge in [-0.2, -0.15) is 5.26 Å². The van der Waals surface area contributed by atoms with Crippen molar-refractivity contribution in [1.82, 2.24) is 10.2 Å². The third-order valence-corrected chi connectivity index (χ3v) is 1.64. The van der Waals surface area contributed by atoms with Crippen LogP contribution in [0.5, 0.6) is 0 Å². The van der Waals surface area contributed by atoms with Gasteiger partial charge in [-0.25, -0.2) is 0 Å². The number of likely N-dealkylation sites (N-methyl/N-ethyl adjacent to an activating group) is 1. The Morgan fingerprint density at radius 1 is 1.50 bits per heavy atom. The van der Waals surface area contributed by atoms with Gasteiger partial charge < -0.3 is 4.90 Å². The van der Waals surface area contributed by atoms with Crippen molar-refractivity contribution in [3.63, 3.8) is 0 Å². The van der Waals surface area contributed by atoms with Gasteiger partial charge in [-0.15, -0.1) is 0 Å². The van der Waals surface area contributed by atoms with E-state index in [1.165, 1.54) is 0 Å². The zero-order chi connectivity index (χ0) is 9.61. The summed E-state index contributed by atoms with van der Waals surface area (Å²) in [5, 5.41) is 12.1. The third kappa shape index (κ3) is 4.32. The molecular formula is C9H19N3. The highest BCUT2D eigenvalue weighted by Crippen LogP contribution is 2.02. The number of hydrogen-bond acceptors (Lipinski definition) is 3. The summed E-state index contributed by atoms with van der Waals surface area (Å²) in [6, 6.07) is 2.29.